The van der Waals surface area contributed by atoms with Crippen LogP contribution < -0.4 is 0 Å². The fourth-order valence-corrected chi connectivity index (χ4v) is 9.00. The second kappa shape index (κ2) is 22.5. The van der Waals surface area contributed by atoms with Crippen LogP contribution >= 0.6 is 0 Å². The van der Waals surface area contributed by atoms with Crippen molar-refractivity contribution in [3.63, 3.8) is 0 Å². The van der Waals surface area contributed by atoms with E-state index in [0.29, 0.717) is 0 Å². The Hall–Kier alpha value is -1.78. The predicted molar refractivity (Wildman–Crippen MR) is 220 cm³/mol. The molecular weight excluding hydrogens is 916 g/mol. The van der Waals surface area contributed by atoms with Crippen LogP contribution in [-0.2, 0) is 63.4 Å². The predicted octanol–water partition coefficient (Wildman–Crippen LogP) is -5.71. The molecule has 0 radical (unpaired) electrons. The van der Waals surface area contributed by atoms with Crippen molar-refractivity contribution in [3.8, 4) is 0 Å². The van der Waals surface area contributed by atoms with Crippen LogP contribution in [0.2, 0.25) is 0 Å². The largest absolute Gasteiger partial charge is 0.388 e. The Morgan fingerprint density at radius 2 is 0.603 bits per heavy atom. The van der Waals surface area contributed by atoms with Gasteiger partial charge in [-0.1, -0.05) is 30.3 Å². The molecule has 390 valence electrons. The van der Waals surface area contributed by atoms with Gasteiger partial charge in [-0.15, -0.1) is 0 Å². The molecule has 0 unspecified atom stereocenters. The number of aliphatic hydroxyl groups excluding tert-OH is 13. The van der Waals surface area contributed by atoms with Gasteiger partial charge in [0.25, 0.3) is 0 Å². The molecule has 0 aromatic heterocycles. The number of benzene rings is 1. The molecule has 30 atom stereocenters. The van der Waals surface area contributed by atoms with Crippen LogP contribution in [0.15, 0.2) is 30.3 Å². The van der Waals surface area contributed by atoms with Crippen molar-refractivity contribution >= 4 is 0 Å². The standard InChI is InChI=1S/C43H68O25/c1-13-20(44)26(50)29(53)38(58-13)64-33-23(47)16(4)61-41(30(33)54)68-37-28(52)22(46)15(3)63-43(37)66-35-25(49)18(6)59-39(32(35)56)65-34-24(48)17(5)60-40(31(34)55)67-36-27(51)21(45)14(2)62-42(36)57-12-19-10-8-7-9-11-19/h7-11,13-18,20-56H,12H2,1-6H3/t13-,14-,15-,16-,17-,18-,20-,21-,22-,23-,24-,25-,26+,27+,28+,29+,30+,31+,32+,33+,34+,35+,36+,37+,38-,39-,40-,41-,42+,43-/m0/s1. The van der Waals surface area contributed by atoms with E-state index in [9.17, 15) is 66.4 Å². The molecule has 25 heteroatoms. The summed E-state index contributed by atoms with van der Waals surface area (Å²) in [5, 5.41) is 143. The highest BCUT2D eigenvalue weighted by molar-refractivity contribution is 5.13. The molecule has 13 N–H and O–H groups in total. The Bertz CT molecular complexity index is 1720. The van der Waals surface area contributed by atoms with E-state index in [2.05, 4.69) is 0 Å². The van der Waals surface area contributed by atoms with Crippen molar-refractivity contribution in [2.24, 2.45) is 0 Å². The maximum atomic E-state index is 11.7. The molecule has 0 aliphatic carbocycles. The molecule has 1 aromatic carbocycles. The van der Waals surface area contributed by atoms with Crippen molar-refractivity contribution in [3.05, 3.63) is 35.9 Å². The zero-order valence-corrected chi connectivity index (χ0v) is 38.1. The van der Waals surface area contributed by atoms with Crippen molar-refractivity contribution < 1.29 is 123 Å². The molecule has 25 nitrogen and oxygen atoms in total. The Kier molecular flexibility index (Phi) is 17.9. The van der Waals surface area contributed by atoms with E-state index in [0.717, 1.165) is 5.56 Å². The van der Waals surface area contributed by atoms with Gasteiger partial charge in [0.05, 0.1) is 43.2 Å². The second-order valence-electron chi connectivity index (χ2n) is 18.4. The SMILES string of the molecule is C[C@@H]1O[C@@H](O[C@@H]2[C@@H](O)[C@H](C)O[C@@H](O[C@H]3[C@H](O[C@@H]4[C@@H](O)[C@H](C)O[C@@H](O[C@@H]5[C@@H](O)[C@H](C)O[C@@H](O[C@H]6[C@H](OCc7ccccc7)O[C@@H](C)[C@H](O)[C@H]6O)[C@@H]5O)[C@@H]4O)O[C@@H](C)[C@H](O)[C@H]3O)[C@@H]2O)[C@H](O)[C@H](O)[C@H]1O. The maximum Gasteiger partial charge on any atom is 0.187 e. The van der Waals surface area contributed by atoms with Gasteiger partial charge < -0.3 is 123 Å². The molecule has 6 saturated heterocycles. The van der Waals surface area contributed by atoms with Crippen LogP contribution in [0.1, 0.15) is 47.1 Å². The lowest BCUT2D eigenvalue weighted by Crippen LogP contribution is -2.67. The van der Waals surface area contributed by atoms with Crippen molar-refractivity contribution in [1.82, 2.24) is 0 Å². The van der Waals surface area contributed by atoms with Gasteiger partial charge in [-0.25, -0.2) is 0 Å². The van der Waals surface area contributed by atoms with Gasteiger partial charge in [0.15, 0.2) is 37.7 Å². The number of aliphatic hydroxyl groups is 13. The molecule has 0 spiro atoms. The Labute approximate surface area is 391 Å². The summed E-state index contributed by atoms with van der Waals surface area (Å²) >= 11 is 0. The molecule has 1 aromatic rings. The summed E-state index contributed by atoms with van der Waals surface area (Å²) in [5.41, 5.74) is 0.760. The van der Waals surface area contributed by atoms with Gasteiger partial charge in [-0.3, -0.25) is 0 Å². The van der Waals surface area contributed by atoms with E-state index in [1.165, 1.54) is 41.5 Å². The fraction of sp³-hybridized carbons (Fsp3) is 0.860. The second-order valence-corrected chi connectivity index (χ2v) is 18.4. The van der Waals surface area contributed by atoms with Crippen molar-refractivity contribution in [1.29, 1.82) is 0 Å². The molecule has 6 aliphatic heterocycles. The lowest BCUT2D eigenvalue weighted by Gasteiger charge is -2.50. The van der Waals surface area contributed by atoms with Gasteiger partial charge in [-0.2, -0.15) is 0 Å². The molecule has 6 heterocycles. The lowest BCUT2D eigenvalue weighted by molar-refractivity contribution is -0.400. The van der Waals surface area contributed by atoms with Crippen LogP contribution in [0.4, 0.5) is 0 Å². The Morgan fingerprint density at radius 1 is 0.309 bits per heavy atom. The first kappa shape index (κ1) is 54.0. The number of rotatable bonds is 13. The molecule has 0 bridgehead atoms. The summed E-state index contributed by atoms with van der Waals surface area (Å²) in [6, 6.07) is 9.01. The quantitative estimate of drug-likeness (QED) is 0.0876. The number of ether oxygens (including phenoxy) is 12. The van der Waals surface area contributed by atoms with E-state index in [1.807, 2.05) is 6.07 Å². The third-order valence-corrected chi connectivity index (χ3v) is 13.4. The fourth-order valence-electron chi connectivity index (χ4n) is 9.00. The van der Waals surface area contributed by atoms with Crippen molar-refractivity contribution in [2.45, 2.75) is 232 Å². The van der Waals surface area contributed by atoms with Crippen LogP contribution in [0, 0.1) is 0 Å². The summed E-state index contributed by atoms with van der Waals surface area (Å²) in [7, 11) is 0. The Balaban J connectivity index is 1.05. The van der Waals surface area contributed by atoms with E-state index in [1.54, 1.807) is 24.3 Å². The summed E-state index contributed by atoms with van der Waals surface area (Å²) in [6.07, 6.45) is -47.0. The van der Waals surface area contributed by atoms with Gasteiger partial charge in [0, 0.05) is 0 Å². The minimum absolute atomic E-state index is 0.0211. The van der Waals surface area contributed by atoms with E-state index in [4.69, 9.17) is 56.8 Å². The Morgan fingerprint density at radius 3 is 1.01 bits per heavy atom. The van der Waals surface area contributed by atoms with Gasteiger partial charge >= 0.3 is 0 Å². The van der Waals surface area contributed by atoms with E-state index in [-0.39, 0.29) is 6.61 Å². The minimum Gasteiger partial charge on any atom is -0.388 e. The average molecular weight is 985 g/mol. The molecule has 6 aliphatic rings. The minimum atomic E-state index is -1.97. The number of hydrogen-bond donors (Lipinski definition) is 13. The lowest BCUT2D eigenvalue weighted by atomic mass is 9.95. The smallest absolute Gasteiger partial charge is 0.187 e. The molecule has 6 fully saturated rings. The van der Waals surface area contributed by atoms with Crippen LogP contribution in [-0.4, -0.2) is 251 Å². The molecule has 7 rings (SSSR count). The first-order chi connectivity index (χ1) is 32.1. The summed E-state index contributed by atoms with van der Waals surface area (Å²) < 4.78 is 70.3. The molecular formula is C43H68O25. The summed E-state index contributed by atoms with van der Waals surface area (Å²) in [4.78, 5) is 0. The summed E-state index contributed by atoms with van der Waals surface area (Å²) in [5.74, 6) is 0. The summed E-state index contributed by atoms with van der Waals surface area (Å²) in [6.45, 7) is 8.54. The van der Waals surface area contributed by atoms with Crippen molar-refractivity contribution in [2.75, 3.05) is 0 Å². The average Bonchev–Trinajstić information content (AvgIpc) is 3.31. The van der Waals surface area contributed by atoms with Crippen LogP contribution in [0.5, 0.6) is 0 Å². The molecule has 68 heavy (non-hydrogen) atoms. The molecule has 0 amide bonds. The topological polar surface area (TPSA) is 374 Å². The van der Waals surface area contributed by atoms with Gasteiger partial charge in [-0.05, 0) is 47.1 Å². The third kappa shape index (κ3) is 11.2. The zero-order valence-electron chi connectivity index (χ0n) is 38.1. The zero-order chi connectivity index (χ0) is 49.6. The monoisotopic (exact) mass is 984 g/mol. The normalized spacial score (nSPS) is 52.7. The van der Waals surface area contributed by atoms with Gasteiger partial charge in [0.2, 0.25) is 0 Å². The highest BCUT2D eigenvalue weighted by Crippen LogP contribution is 2.37. The first-order valence-corrected chi connectivity index (χ1v) is 22.8. The van der Waals surface area contributed by atoms with Crippen LogP contribution in [0.3, 0.4) is 0 Å². The van der Waals surface area contributed by atoms with E-state index >= 15 is 0 Å². The maximum absolute atomic E-state index is 11.7. The highest BCUT2D eigenvalue weighted by Gasteiger charge is 2.57. The van der Waals surface area contributed by atoms with Crippen LogP contribution in [0.25, 0.3) is 0 Å². The third-order valence-electron chi connectivity index (χ3n) is 13.4. The number of hydrogen-bond acceptors (Lipinski definition) is 25. The highest BCUT2D eigenvalue weighted by atomic mass is 16.8. The van der Waals surface area contributed by atoms with E-state index < -0.39 is 184 Å². The first-order valence-electron chi connectivity index (χ1n) is 22.8. The molecule has 0 saturated carbocycles. The van der Waals surface area contributed by atoms with Gasteiger partial charge in [0.1, 0.15) is 110 Å².